The van der Waals surface area contributed by atoms with Gasteiger partial charge in [0.1, 0.15) is 19.0 Å². The minimum absolute atomic E-state index is 0.133. The second-order valence-electron chi connectivity index (χ2n) is 2.74. The topological polar surface area (TPSA) is 72.6 Å². The first-order valence-electron chi connectivity index (χ1n) is 4.26. The molecule has 0 spiro atoms. The average Bonchev–Trinajstić information content (AvgIpc) is 2.25. The molecule has 1 aromatic rings. The van der Waals surface area contributed by atoms with E-state index in [1.54, 1.807) is 0 Å². The van der Waals surface area contributed by atoms with Gasteiger partial charge >= 0.3 is 0 Å². The SMILES string of the molecule is O=[N+]([O-])c1ccc(OCCF)c(CO)c1. The van der Waals surface area contributed by atoms with Crippen molar-refractivity contribution in [2.24, 2.45) is 0 Å². The van der Waals surface area contributed by atoms with Gasteiger partial charge in [-0.1, -0.05) is 0 Å². The van der Waals surface area contributed by atoms with Gasteiger partial charge in [-0.05, 0) is 6.07 Å². The van der Waals surface area contributed by atoms with Crippen LogP contribution in [0.3, 0.4) is 0 Å². The number of alkyl halides is 1. The zero-order valence-electron chi connectivity index (χ0n) is 7.85. The molecular formula is C9H10FNO4. The first kappa shape index (κ1) is 11.4. The van der Waals surface area contributed by atoms with Crippen molar-refractivity contribution in [3.05, 3.63) is 33.9 Å². The molecule has 0 aliphatic rings. The fourth-order valence-electron chi connectivity index (χ4n) is 1.09. The van der Waals surface area contributed by atoms with Crippen LogP contribution in [0.25, 0.3) is 0 Å². The van der Waals surface area contributed by atoms with Gasteiger partial charge in [-0.15, -0.1) is 0 Å². The van der Waals surface area contributed by atoms with Crippen LogP contribution in [0.1, 0.15) is 5.56 Å². The standard InChI is InChI=1S/C9H10FNO4/c10-3-4-15-9-2-1-8(11(13)14)5-7(9)6-12/h1-2,5,12H,3-4,6H2. The van der Waals surface area contributed by atoms with Crippen molar-refractivity contribution in [2.45, 2.75) is 6.61 Å². The Morgan fingerprint density at radius 2 is 2.27 bits per heavy atom. The van der Waals surface area contributed by atoms with Crippen molar-refractivity contribution in [2.75, 3.05) is 13.3 Å². The lowest BCUT2D eigenvalue weighted by atomic mass is 10.2. The van der Waals surface area contributed by atoms with Gasteiger partial charge in [0.25, 0.3) is 5.69 Å². The molecule has 0 unspecified atom stereocenters. The summed E-state index contributed by atoms with van der Waals surface area (Å²) in [5.41, 5.74) is 0.143. The summed E-state index contributed by atoms with van der Waals surface area (Å²) in [6, 6.07) is 3.79. The molecule has 5 nitrogen and oxygen atoms in total. The van der Waals surface area contributed by atoms with E-state index >= 15 is 0 Å². The summed E-state index contributed by atoms with van der Waals surface area (Å²) in [6.07, 6.45) is 0. The summed E-state index contributed by atoms with van der Waals surface area (Å²) < 4.78 is 16.8. The predicted octanol–water partition coefficient (Wildman–Crippen LogP) is 1.44. The summed E-state index contributed by atoms with van der Waals surface area (Å²) in [5, 5.41) is 19.3. The van der Waals surface area contributed by atoms with Gasteiger partial charge in [-0.25, -0.2) is 4.39 Å². The second-order valence-corrected chi connectivity index (χ2v) is 2.74. The van der Waals surface area contributed by atoms with E-state index in [2.05, 4.69) is 0 Å². The molecule has 1 N–H and O–H groups in total. The Morgan fingerprint density at radius 1 is 1.53 bits per heavy atom. The van der Waals surface area contributed by atoms with Crippen LogP contribution in [0, 0.1) is 10.1 Å². The number of ether oxygens (including phenoxy) is 1. The molecule has 82 valence electrons. The highest BCUT2D eigenvalue weighted by Crippen LogP contribution is 2.24. The number of nitrogens with zero attached hydrogens (tertiary/aromatic N) is 1. The Hall–Kier alpha value is -1.69. The monoisotopic (exact) mass is 215 g/mol. The minimum atomic E-state index is -0.651. The molecule has 0 aromatic heterocycles. The van der Waals surface area contributed by atoms with Crippen LogP contribution >= 0.6 is 0 Å². The molecule has 0 saturated carbocycles. The highest BCUT2D eigenvalue weighted by molar-refractivity contribution is 5.43. The molecule has 0 heterocycles. The summed E-state index contributed by atoms with van der Waals surface area (Å²) >= 11 is 0. The maximum atomic E-state index is 11.8. The van der Waals surface area contributed by atoms with Crippen molar-refractivity contribution in [3.63, 3.8) is 0 Å². The molecule has 0 aliphatic carbocycles. The van der Waals surface area contributed by atoms with Gasteiger partial charge in [0.2, 0.25) is 0 Å². The minimum Gasteiger partial charge on any atom is -0.490 e. The lowest BCUT2D eigenvalue weighted by Gasteiger charge is -2.07. The number of aliphatic hydroxyl groups excluding tert-OH is 1. The van der Waals surface area contributed by atoms with E-state index in [9.17, 15) is 14.5 Å². The fraction of sp³-hybridized carbons (Fsp3) is 0.333. The van der Waals surface area contributed by atoms with E-state index in [0.717, 1.165) is 0 Å². The van der Waals surface area contributed by atoms with Crippen LogP contribution in [0.2, 0.25) is 0 Å². The van der Waals surface area contributed by atoms with Crippen molar-refractivity contribution in [1.82, 2.24) is 0 Å². The molecule has 0 fully saturated rings. The molecule has 1 aromatic carbocycles. The third-order valence-corrected chi connectivity index (χ3v) is 1.76. The molecule has 0 atom stereocenters. The number of nitro groups is 1. The van der Waals surface area contributed by atoms with Crippen LogP contribution in [0.5, 0.6) is 5.75 Å². The molecule has 0 aliphatic heterocycles. The predicted molar refractivity (Wildman–Crippen MR) is 50.5 cm³/mol. The number of non-ortho nitro benzene ring substituents is 1. The average molecular weight is 215 g/mol. The van der Waals surface area contributed by atoms with E-state index in [1.165, 1.54) is 18.2 Å². The number of rotatable bonds is 5. The number of hydrogen-bond donors (Lipinski definition) is 1. The summed E-state index contributed by atoms with van der Waals surface area (Å²) in [7, 11) is 0. The molecule has 6 heteroatoms. The summed E-state index contributed by atoms with van der Waals surface area (Å²) in [4.78, 5) is 9.85. The third kappa shape index (κ3) is 2.88. The molecule has 0 saturated heterocycles. The quantitative estimate of drug-likeness (QED) is 0.595. The summed E-state index contributed by atoms with van der Waals surface area (Å²) in [5.74, 6) is 0.265. The van der Waals surface area contributed by atoms with Crippen LogP contribution in [-0.2, 0) is 6.61 Å². The van der Waals surface area contributed by atoms with E-state index in [4.69, 9.17) is 9.84 Å². The zero-order valence-corrected chi connectivity index (χ0v) is 7.85. The molecule has 15 heavy (non-hydrogen) atoms. The fourth-order valence-corrected chi connectivity index (χ4v) is 1.09. The van der Waals surface area contributed by atoms with Crippen molar-refractivity contribution >= 4 is 5.69 Å². The van der Waals surface area contributed by atoms with Crippen molar-refractivity contribution in [1.29, 1.82) is 0 Å². The lowest BCUT2D eigenvalue weighted by Crippen LogP contribution is -2.02. The Bertz CT molecular complexity index is 356. The van der Waals surface area contributed by atoms with Crippen LogP contribution < -0.4 is 4.74 Å². The maximum Gasteiger partial charge on any atom is 0.270 e. The zero-order chi connectivity index (χ0) is 11.3. The van der Waals surface area contributed by atoms with Crippen molar-refractivity contribution < 1.29 is 19.2 Å². The Kier molecular flexibility index (Phi) is 3.99. The number of halogens is 1. The molecule has 0 bridgehead atoms. The van der Waals surface area contributed by atoms with Crippen LogP contribution in [-0.4, -0.2) is 23.3 Å². The third-order valence-electron chi connectivity index (χ3n) is 1.76. The second kappa shape index (κ2) is 5.26. The smallest absolute Gasteiger partial charge is 0.270 e. The first-order chi connectivity index (χ1) is 7.19. The van der Waals surface area contributed by atoms with Gasteiger partial charge in [0.15, 0.2) is 0 Å². The molecule has 1 rings (SSSR count). The maximum absolute atomic E-state index is 11.8. The molecular weight excluding hydrogens is 205 g/mol. The van der Waals surface area contributed by atoms with Gasteiger partial charge < -0.3 is 9.84 Å². The van der Waals surface area contributed by atoms with E-state index in [0.29, 0.717) is 0 Å². The number of benzene rings is 1. The number of nitro benzene ring substituents is 1. The largest absolute Gasteiger partial charge is 0.490 e. The van der Waals surface area contributed by atoms with Gasteiger partial charge in [-0.2, -0.15) is 0 Å². The van der Waals surface area contributed by atoms with Gasteiger partial charge in [-0.3, -0.25) is 10.1 Å². The molecule has 0 amide bonds. The normalized spacial score (nSPS) is 10.0. The Labute approximate surface area is 85.3 Å². The highest BCUT2D eigenvalue weighted by atomic mass is 19.1. The van der Waals surface area contributed by atoms with Crippen LogP contribution in [0.15, 0.2) is 18.2 Å². The first-order valence-corrected chi connectivity index (χ1v) is 4.26. The van der Waals surface area contributed by atoms with Crippen molar-refractivity contribution in [3.8, 4) is 5.75 Å². The van der Waals surface area contributed by atoms with E-state index < -0.39 is 11.6 Å². The van der Waals surface area contributed by atoms with Crippen LogP contribution in [0.4, 0.5) is 10.1 Å². The van der Waals surface area contributed by atoms with E-state index in [1.807, 2.05) is 0 Å². The Morgan fingerprint density at radius 3 is 2.80 bits per heavy atom. The molecule has 0 radical (unpaired) electrons. The van der Waals surface area contributed by atoms with Gasteiger partial charge in [0, 0.05) is 17.7 Å². The lowest BCUT2D eigenvalue weighted by molar-refractivity contribution is -0.385. The van der Waals surface area contributed by atoms with Gasteiger partial charge in [0.05, 0.1) is 11.5 Å². The summed E-state index contributed by atoms with van der Waals surface area (Å²) in [6.45, 7) is -1.17. The van der Waals surface area contributed by atoms with E-state index in [-0.39, 0.29) is 30.2 Å². The number of aliphatic hydroxyl groups is 1. The highest BCUT2D eigenvalue weighted by Gasteiger charge is 2.10. The Balaban J connectivity index is 2.93. The number of hydrogen-bond acceptors (Lipinski definition) is 4.